The van der Waals surface area contributed by atoms with Crippen molar-refractivity contribution in [3.05, 3.63) is 17.2 Å². The van der Waals surface area contributed by atoms with Crippen LogP contribution in [0.3, 0.4) is 0 Å². The summed E-state index contributed by atoms with van der Waals surface area (Å²) in [5.41, 5.74) is 2.03. The molecule has 1 heterocycles. The zero-order valence-corrected chi connectivity index (χ0v) is 10.0. The van der Waals surface area contributed by atoms with E-state index in [2.05, 4.69) is 16.9 Å². The van der Waals surface area contributed by atoms with Crippen LogP contribution in [-0.2, 0) is 17.6 Å². The Morgan fingerprint density at radius 1 is 1.38 bits per heavy atom. The molecule has 1 aromatic rings. The van der Waals surface area contributed by atoms with Gasteiger partial charge in [0.2, 0.25) is 0 Å². The summed E-state index contributed by atoms with van der Waals surface area (Å²) in [4.78, 5) is 17.9. The Hall–Kier alpha value is -1.32. The second-order valence-electron chi connectivity index (χ2n) is 4.14. The van der Waals surface area contributed by atoms with Crippen LogP contribution in [-0.4, -0.2) is 21.0 Å². The van der Waals surface area contributed by atoms with Gasteiger partial charge in [-0.25, -0.2) is 4.98 Å². The predicted octanol–water partition coefficient (Wildman–Crippen LogP) is 2.47. The number of carbonyl (C=O) groups is 1. The summed E-state index contributed by atoms with van der Waals surface area (Å²) in [6.07, 6.45) is 5.76. The van der Waals surface area contributed by atoms with Crippen LogP contribution in [0, 0.1) is 6.92 Å². The van der Waals surface area contributed by atoms with Crippen molar-refractivity contribution in [3.63, 3.8) is 0 Å². The van der Waals surface area contributed by atoms with Crippen LogP contribution in [0.1, 0.15) is 49.8 Å². The van der Waals surface area contributed by atoms with E-state index in [9.17, 15) is 4.79 Å². The number of rotatable bonds is 7. The first-order valence-electron chi connectivity index (χ1n) is 5.89. The highest BCUT2D eigenvalue weighted by Crippen LogP contribution is 2.10. The fourth-order valence-corrected chi connectivity index (χ4v) is 1.75. The molecular weight excluding hydrogens is 204 g/mol. The number of carboxylic acid groups (broad SMARTS) is 1. The summed E-state index contributed by atoms with van der Waals surface area (Å²) in [5, 5.41) is 8.65. The van der Waals surface area contributed by atoms with E-state index in [0.29, 0.717) is 5.82 Å². The number of hydrogen-bond donors (Lipinski definition) is 2. The van der Waals surface area contributed by atoms with Crippen LogP contribution >= 0.6 is 0 Å². The van der Waals surface area contributed by atoms with Gasteiger partial charge in [-0.15, -0.1) is 0 Å². The highest BCUT2D eigenvalue weighted by Gasteiger charge is 2.08. The van der Waals surface area contributed by atoms with Gasteiger partial charge in [0.15, 0.2) is 0 Å². The molecule has 0 amide bonds. The van der Waals surface area contributed by atoms with Gasteiger partial charge >= 0.3 is 5.97 Å². The number of aryl methyl sites for hydroxylation is 2. The number of aromatic nitrogens is 2. The molecule has 0 unspecified atom stereocenters. The van der Waals surface area contributed by atoms with E-state index in [4.69, 9.17) is 5.11 Å². The molecule has 0 fully saturated rings. The highest BCUT2D eigenvalue weighted by molar-refractivity contribution is 5.69. The van der Waals surface area contributed by atoms with Crippen molar-refractivity contribution in [1.29, 1.82) is 0 Å². The van der Waals surface area contributed by atoms with Crippen molar-refractivity contribution in [2.45, 2.75) is 52.4 Å². The van der Waals surface area contributed by atoms with Crippen LogP contribution in [0.5, 0.6) is 0 Å². The molecule has 0 aliphatic heterocycles. The van der Waals surface area contributed by atoms with Crippen molar-refractivity contribution in [2.75, 3.05) is 0 Å². The van der Waals surface area contributed by atoms with Gasteiger partial charge in [-0.3, -0.25) is 4.79 Å². The van der Waals surface area contributed by atoms with Crippen LogP contribution in [0.2, 0.25) is 0 Å². The summed E-state index contributed by atoms with van der Waals surface area (Å²) in [7, 11) is 0. The van der Waals surface area contributed by atoms with Gasteiger partial charge < -0.3 is 10.1 Å². The second-order valence-corrected chi connectivity index (χ2v) is 4.14. The number of unbranched alkanes of at least 4 members (excludes halogenated alkanes) is 3. The number of imidazole rings is 1. The average molecular weight is 224 g/mol. The van der Waals surface area contributed by atoms with E-state index in [-0.39, 0.29) is 6.42 Å². The van der Waals surface area contributed by atoms with E-state index >= 15 is 0 Å². The molecule has 16 heavy (non-hydrogen) atoms. The summed E-state index contributed by atoms with van der Waals surface area (Å²) in [6.45, 7) is 4.14. The molecule has 0 aromatic carbocycles. The van der Waals surface area contributed by atoms with Gasteiger partial charge in [-0.1, -0.05) is 26.2 Å². The molecule has 1 aromatic heterocycles. The quantitative estimate of drug-likeness (QED) is 0.699. The largest absolute Gasteiger partial charge is 0.481 e. The van der Waals surface area contributed by atoms with Gasteiger partial charge in [0.05, 0.1) is 5.69 Å². The zero-order valence-electron chi connectivity index (χ0n) is 10.0. The number of aromatic amines is 1. The normalized spacial score (nSPS) is 10.6. The Bertz CT molecular complexity index is 345. The first kappa shape index (κ1) is 12.7. The Kier molecular flexibility index (Phi) is 5.02. The van der Waals surface area contributed by atoms with Crippen LogP contribution in [0.25, 0.3) is 0 Å². The minimum atomic E-state index is -0.841. The molecule has 4 nitrogen and oxygen atoms in total. The van der Waals surface area contributed by atoms with E-state index < -0.39 is 5.97 Å². The van der Waals surface area contributed by atoms with Gasteiger partial charge in [0.25, 0.3) is 0 Å². The lowest BCUT2D eigenvalue weighted by molar-refractivity contribution is -0.136. The lowest BCUT2D eigenvalue weighted by Gasteiger charge is -1.97. The third-order valence-electron chi connectivity index (χ3n) is 2.62. The van der Waals surface area contributed by atoms with Crippen LogP contribution in [0.4, 0.5) is 0 Å². The maximum absolute atomic E-state index is 10.5. The molecule has 0 aliphatic carbocycles. The molecule has 1 rings (SSSR count). The van der Waals surface area contributed by atoms with Crippen molar-refractivity contribution in [1.82, 2.24) is 9.97 Å². The maximum Gasteiger partial charge on any atom is 0.311 e. The van der Waals surface area contributed by atoms with E-state index in [1.165, 1.54) is 19.3 Å². The van der Waals surface area contributed by atoms with Crippen molar-refractivity contribution < 1.29 is 9.90 Å². The first-order chi connectivity index (χ1) is 7.63. The second kappa shape index (κ2) is 6.30. The topological polar surface area (TPSA) is 66.0 Å². The average Bonchev–Trinajstić information content (AvgIpc) is 2.53. The summed E-state index contributed by atoms with van der Waals surface area (Å²) in [6, 6.07) is 0. The number of carboxylic acids is 1. The summed E-state index contributed by atoms with van der Waals surface area (Å²) >= 11 is 0. The standard InChI is InChI=1S/C12H20N2O2/c1-3-4-5-6-7-10-9(2)13-11(14-10)8-12(15)16/h3-8H2,1-2H3,(H,13,14)(H,15,16). The maximum atomic E-state index is 10.5. The molecule has 0 saturated carbocycles. The number of nitrogens with one attached hydrogen (secondary N) is 1. The minimum Gasteiger partial charge on any atom is -0.481 e. The molecule has 0 radical (unpaired) electrons. The summed E-state index contributed by atoms with van der Waals surface area (Å²) < 4.78 is 0. The molecule has 0 bridgehead atoms. The molecule has 90 valence electrons. The lowest BCUT2D eigenvalue weighted by atomic mass is 10.1. The summed E-state index contributed by atoms with van der Waals surface area (Å²) in [5.74, 6) is -0.276. The van der Waals surface area contributed by atoms with Crippen molar-refractivity contribution >= 4 is 5.97 Å². The lowest BCUT2D eigenvalue weighted by Crippen LogP contribution is -2.01. The molecular formula is C12H20N2O2. The monoisotopic (exact) mass is 224 g/mol. The van der Waals surface area contributed by atoms with E-state index in [1.54, 1.807) is 0 Å². The predicted molar refractivity (Wildman–Crippen MR) is 62.5 cm³/mol. The highest BCUT2D eigenvalue weighted by atomic mass is 16.4. The van der Waals surface area contributed by atoms with Crippen LogP contribution in [0.15, 0.2) is 0 Å². The Balaban J connectivity index is 2.46. The van der Waals surface area contributed by atoms with E-state index in [0.717, 1.165) is 24.2 Å². The van der Waals surface area contributed by atoms with Gasteiger partial charge in [0.1, 0.15) is 12.2 Å². The Morgan fingerprint density at radius 3 is 2.75 bits per heavy atom. The molecule has 2 N–H and O–H groups in total. The number of nitrogens with zero attached hydrogens (tertiary/aromatic N) is 1. The first-order valence-corrected chi connectivity index (χ1v) is 5.89. The van der Waals surface area contributed by atoms with Gasteiger partial charge in [-0.2, -0.15) is 0 Å². The van der Waals surface area contributed by atoms with Gasteiger partial charge in [-0.05, 0) is 19.8 Å². The van der Waals surface area contributed by atoms with E-state index in [1.807, 2.05) is 6.92 Å². The smallest absolute Gasteiger partial charge is 0.311 e. The third-order valence-corrected chi connectivity index (χ3v) is 2.62. The Labute approximate surface area is 96.1 Å². The fraction of sp³-hybridized carbons (Fsp3) is 0.667. The molecule has 0 aliphatic rings. The number of hydrogen-bond acceptors (Lipinski definition) is 2. The zero-order chi connectivity index (χ0) is 12.0. The fourth-order valence-electron chi connectivity index (χ4n) is 1.75. The molecule has 0 saturated heterocycles. The number of aliphatic carboxylic acids is 1. The SMILES string of the molecule is CCCCCCc1nc(CC(=O)O)[nH]c1C. The van der Waals surface area contributed by atoms with Gasteiger partial charge in [0, 0.05) is 5.69 Å². The molecule has 0 spiro atoms. The number of H-pyrrole nitrogens is 1. The van der Waals surface area contributed by atoms with Crippen molar-refractivity contribution in [3.8, 4) is 0 Å². The Morgan fingerprint density at radius 2 is 2.12 bits per heavy atom. The minimum absolute atomic E-state index is 0.0181. The molecule has 0 atom stereocenters. The molecule has 4 heteroatoms. The third kappa shape index (κ3) is 4.04. The van der Waals surface area contributed by atoms with Crippen LogP contribution < -0.4 is 0 Å². The van der Waals surface area contributed by atoms with Crippen molar-refractivity contribution in [2.24, 2.45) is 0 Å².